The van der Waals surface area contributed by atoms with Gasteiger partial charge in [0.05, 0.1) is 17.9 Å². The molecule has 0 rings (SSSR count). The van der Waals surface area contributed by atoms with Crippen LogP contribution < -0.4 is 109 Å². The third kappa shape index (κ3) is 19.3. The Bertz CT molecular complexity index is 290. The summed E-state index contributed by atoms with van der Waals surface area (Å²) in [6.45, 7) is -2.50. The first-order valence-corrected chi connectivity index (χ1v) is 4.54. The van der Waals surface area contributed by atoms with Gasteiger partial charge in [0.25, 0.3) is 0 Å². The number of rotatable bonds is 9. The Morgan fingerprint density at radius 1 is 0.950 bits per heavy atom. The van der Waals surface area contributed by atoms with Gasteiger partial charge in [0.15, 0.2) is 0 Å². The summed E-state index contributed by atoms with van der Waals surface area (Å²) in [6, 6.07) is 0. The molecular weight excluding hydrogens is 305 g/mol. The van der Waals surface area contributed by atoms with Crippen LogP contribution in [0.3, 0.4) is 0 Å². The number of carboxylic acid groups (broad SMARTS) is 3. The van der Waals surface area contributed by atoms with E-state index in [0.717, 1.165) is 4.90 Å². The Kier molecular flexibility index (Phi) is 24.4. The number of aliphatic hydroxyl groups excluding tert-OH is 1. The average Bonchev–Trinajstić information content (AvgIpc) is 2.12. The maximum atomic E-state index is 10.3. The molecule has 0 amide bonds. The number of hydrogen-bond acceptors (Lipinski definition) is 9. The molecule has 98 valence electrons. The van der Waals surface area contributed by atoms with E-state index >= 15 is 0 Å². The Morgan fingerprint density at radius 3 is 1.65 bits per heavy atom. The molecule has 0 aliphatic rings. The maximum Gasteiger partial charge on any atom is 1.00 e. The Balaban J connectivity index is -0.000000427. The van der Waals surface area contributed by atoms with E-state index in [1.807, 2.05) is 0 Å². The van der Waals surface area contributed by atoms with Crippen molar-refractivity contribution in [3.05, 3.63) is 0 Å². The topological polar surface area (TPSA) is 156 Å². The van der Waals surface area contributed by atoms with Crippen molar-refractivity contribution in [1.82, 2.24) is 10.2 Å². The van der Waals surface area contributed by atoms with Gasteiger partial charge in [0.1, 0.15) is 6.23 Å². The van der Waals surface area contributed by atoms with E-state index in [9.17, 15) is 34.8 Å². The second kappa shape index (κ2) is 16.7. The van der Waals surface area contributed by atoms with Crippen molar-refractivity contribution in [3.8, 4) is 0 Å². The summed E-state index contributed by atoms with van der Waals surface area (Å²) < 4.78 is 0. The van der Waals surface area contributed by atoms with E-state index in [0.29, 0.717) is 0 Å². The number of aliphatic hydroxyl groups is 1. The Morgan fingerprint density at radius 2 is 1.35 bits per heavy atom. The van der Waals surface area contributed by atoms with Crippen LogP contribution in [-0.2, 0) is 14.4 Å². The third-order valence-electron chi connectivity index (χ3n) is 1.62. The van der Waals surface area contributed by atoms with Gasteiger partial charge in [0.2, 0.25) is 0 Å². The molecule has 0 fully saturated rings. The van der Waals surface area contributed by atoms with Crippen molar-refractivity contribution >= 4 is 17.9 Å². The van der Waals surface area contributed by atoms with E-state index in [-0.39, 0.29) is 88.7 Å². The molecule has 20 heavy (non-hydrogen) atoms. The minimum absolute atomic E-state index is 0. The number of hydrogen-bond donors (Lipinski definition) is 2. The fourth-order valence-corrected chi connectivity index (χ4v) is 1.06. The first kappa shape index (κ1) is 29.3. The van der Waals surface area contributed by atoms with Crippen LogP contribution in [-0.4, -0.2) is 60.3 Å². The van der Waals surface area contributed by atoms with Crippen LogP contribution in [0.4, 0.5) is 0 Å². The molecule has 0 saturated carbocycles. The molecule has 0 bridgehead atoms. The summed E-state index contributed by atoms with van der Waals surface area (Å²) in [5, 5.41) is 41.9. The average molecular weight is 316 g/mol. The quantitative estimate of drug-likeness (QED) is 0.311. The summed E-state index contributed by atoms with van der Waals surface area (Å²) in [6.07, 6.45) is -1.41. The van der Waals surface area contributed by atoms with Crippen molar-refractivity contribution in [1.29, 1.82) is 0 Å². The number of carbonyl (C=O) groups is 3. The molecule has 0 aromatic carbocycles. The number of aliphatic carboxylic acids is 3. The summed E-state index contributed by atoms with van der Waals surface area (Å²) in [5.41, 5.74) is 0. The molecule has 9 nitrogen and oxygen atoms in total. The van der Waals surface area contributed by atoms with Crippen LogP contribution in [0.25, 0.3) is 0 Å². The molecular formula is C8H11N2Na3O7. The second-order valence-electron chi connectivity index (χ2n) is 3.18. The van der Waals surface area contributed by atoms with Crippen LogP contribution in [0.5, 0.6) is 0 Å². The molecule has 1 unspecified atom stereocenters. The summed E-state index contributed by atoms with van der Waals surface area (Å²) in [7, 11) is 0. The molecule has 1 atom stereocenters. The molecule has 0 aliphatic carbocycles. The predicted octanol–water partition coefficient (Wildman–Crippen LogP) is -15.5. The minimum Gasteiger partial charge on any atom is -0.549 e. The van der Waals surface area contributed by atoms with Gasteiger partial charge in [-0.05, 0) is 0 Å². The monoisotopic (exact) mass is 316 g/mol. The zero-order valence-corrected chi connectivity index (χ0v) is 17.7. The van der Waals surface area contributed by atoms with Gasteiger partial charge in [-0.3, -0.25) is 10.2 Å². The normalized spacial score (nSPS) is 10.5. The van der Waals surface area contributed by atoms with Gasteiger partial charge in [-0.2, -0.15) is 0 Å². The van der Waals surface area contributed by atoms with Gasteiger partial charge in [-0.1, -0.05) is 0 Å². The summed E-state index contributed by atoms with van der Waals surface area (Å²) >= 11 is 0. The smallest absolute Gasteiger partial charge is 0.549 e. The fraction of sp³-hybridized carbons (Fsp3) is 0.625. The van der Waals surface area contributed by atoms with Gasteiger partial charge in [-0.25, -0.2) is 0 Å². The van der Waals surface area contributed by atoms with Crippen molar-refractivity contribution in [3.63, 3.8) is 0 Å². The summed E-state index contributed by atoms with van der Waals surface area (Å²) in [4.78, 5) is 31.4. The Labute approximate surface area is 182 Å². The van der Waals surface area contributed by atoms with E-state index in [1.165, 1.54) is 0 Å². The van der Waals surface area contributed by atoms with Crippen LogP contribution >= 0.6 is 0 Å². The summed E-state index contributed by atoms with van der Waals surface area (Å²) in [5.74, 6) is -4.52. The van der Waals surface area contributed by atoms with Gasteiger partial charge in [0, 0.05) is 26.2 Å². The molecule has 2 N–H and O–H groups in total. The standard InChI is InChI=1S/C8H14N2O7.3Na/c11-5(9-1-6(12)13)2-10(3-7(14)15)4-8(16)17;;;/h5,9,11H,1-4H2,(H,12,13)(H,14,15)(H,16,17);;;/q;3*+1/p-3. The minimum atomic E-state index is -1.53. The van der Waals surface area contributed by atoms with E-state index < -0.39 is 50.3 Å². The van der Waals surface area contributed by atoms with E-state index in [4.69, 9.17) is 0 Å². The number of carbonyl (C=O) groups excluding carboxylic acids is 3. The van der Waals surface area contributed by atoms with Crippen LogP contribution in [0.1, 0.15) is 0 Å². The zero-order valence-electron chi connectivity index (χ0n) is 11.7. The van der Waals surface area contributed by atoms with E-state index in [1.54, 1.807) is 0 Å². The van der Waals surface area contributed by atoms with Crippen LogP contribution in [0.15, 0.2) is 0 Å². The second-order valence-corrected chi connectivity index (χ2v) is 3.18. The first-order chi connectivity index (χ1) is 7.81. The molecule has 0 heterocycles. The first-order valence-electron chi connectivity index (χ1n) is 4.54. The zero-order chi connectivity index (χ0) is 13.4. The molecule has 0 aromatic heterocycles. The maximum absolute atomic E-state index is 10.3. The molecule has 0 saturated heterocycles. The number of nitrogens with zero attached hydrogens (tertiary/aromatic N) is 1. The molecule has 12 heteroatoms. The van der Waals surface area contributed by atoms with Crippen LogP contribution in [0, 0.1) is 0 Å². The van der Waals surface area contributed by atoms with Crippen molar-refractivity contribution in [2.75, 3.05) is 26.2 Å². The van der Waals surface area contributed by atoms with Crippen molar-refractivity contribution in [2.24, 2.45) is 0 Å². The van der Waals surface area contributed by atoms with Crippen LogP contribution in [0.2, 0.25) is 0 Å². The van der Waals surface area contributed by atoms with Crippen molar-refractivity contribution < 1.29 is 123 Å². The number of carboxylic acids is 3. The van der Waals surface area contributed by atoms with Gasteiger partial charge < -0.3 is 34.8 Å². The fourth-order valence-electron chi connectivity index (χ4n) is 1.06. The van der Waals surface area contributed by atoms with Gasteiger partial charge >= 0.3 is 88.7 Å². The largest absolute Gasteiger partial charge is 1.00 e. The Hall–Kier alpha value is 1.29. The third-order valence-corrected chi connectivity index (χ3v) is 1.62. The van der Waals surface area contributed by atoms with Crippen molar-refractivity contribution in [2.45, 2.75) is 6.23 Å². The molecule has 0 radical (unpaired) electrons. The molecule has 0 aromatic rings. The SMILES string of the molecule is O=C([O-])CNC(O)CN(CC(=O)[O-])CC(=O)[O-].[Na+].[Na+].[Na+]. The number of nitrogens with one attached hydrogen (secondary N) is 1. The molecule has 0 aliphatic heterocycles. The predicted molar refractivity (Wildman–Crippen MR) is 45.5 cm³/mol. The van der Waals surface area contributed by atoms with E-state index in [2.05, 4.69) is 5.32 Å². The van der Waals surface area contributed by atoms with Gasteiger partial charge in [-0.15, -0.1) is 0 Å². The molecule has 0 spiro atoms.